The molecule has 2 aliphatic heterocycles. The minimum atomic E-state index is 0.520. The van der Waals surface area contributed by atoms with Gasteiger partial charge in [0.1, 0.15) is 0 Å². The third-order valence-electron chi connectivity index (χ3n) is 6.54. The molecule has 142 valence electrons. The van der Waals surface area contributed by atoms with Crippen LogP contribution < -0.4 is 0 Å². The molecule has 3 nitrogen and oxygen atoms in total. The zero-order valence-electron chi connectivity index (χ0n) is 16.8. The lowest BCUT2D eigenvalue weighted by molar-refractivity contribution is 0.0285. The summed E-state index contributed by atoms with van der Waals surface area (Å²) in [4.78, 5) is 5.51. The molecule has 0 aromatic heterocycles. The smallest absolute Gasteiger partial charge is 0.0595 e. The van der Waals surface area contributed by atoms with Gasteiger partial charge in [0.2, 0.25) is 0 Å². The zero-order chi connectivity index (χ0) is 17.4. The minimum Gasteiger partial charge on any atom is -0.381 e. The van der Waals surface area contributed by atoms with Crippen molar-refractivity contribution in [1.29, 1.82) is 0 Å². The van der Waals surface area contributed by atoms with E-state index in [4.69, 9.17) is 4.74 Å². The summed E-state index contributed by atoms with van der Waals surface area (Å²) in [6, 6.07) is 0.912. The van der Waals surface area contributed by atoms with E-state index in [-0.39, 0.29) is 0 Å². The maximum absolute atomic E-state index is 5.48. The van der Waals surface area contributed by atoms with Crippen LogP contribution in [0.4, 0.5) is 0 Å². The molecule has 0 aromatic rings. The minimum absolute atomic E-state index is 0.520. The average Bonchev–Trinajstić information content (AvgIpc) is 2.65. The van der Waals surface area contributed by atoms with Crippen LogP contribution in [0.3, 0.4) is 0 Å². The van der Waals surface area contributed by atoms with Gasteiger partial charge in [-0.05, 0) is 76.3 Å². The predicted molar refractivity (Wildman–Crippen MR) is 104 cm³/mol. The standard InChI is InChI=1S/C19H36N2O.C2H6/c1-16-3-5-18(6-4-16)21-13-7-17(8-14-21)15-20-11-9-19(22-2)10-12-20;1-2/h16-19H,3-15H2,1-2H3;1-2H3. The Morgan fingerprint density at radius 2 is 1.38 bits per heavy atom. The highest BCUT2D eigenvalue weighted by Crippen LogP contribution is 2.30. The lowest BCUT2D eigenvalue weighted by atomic mass is 9.85. The van der Waals surface area contributed by atoms with Crippen molar-refractivity contribution in [2.24, 2.45) is 11.8 Å². The topological polar surface area (TPSA) is 15.7 Å². The first-order valence-corrected chi connectivity index (χ1v) is 10.7. The van der Waals surface area contributed by atoms with E-state index < -0.39 is 0 Å². The molecular weight excluding hydrogens is 296 g/mol. The monoisotopic (exact) mass is 338 g/mol. The Morgan fingerprint density at radius 3 is 1.92 bits per heavy atom. The summed E-state index contributed by atoms with van der Waals surface area (Å²) >= 11 is 0. The maximum Gasteiger partial charge on any atom is 0.0595 e. The molecule has 2 heterocycles. The van der Waals surface area contributed by atoms with Crippen LogP contribution in [0.2, 0.25) is 0 Å². The molecule has 0 amide bonds. The second-order valence-corrected chi connectivity index (χ2v) is 8.13. The highest BCUT2D eigenvalue weighted by Gasteiger charge is 2.29. The third-order valence-corrected chi connectivity index (χ3v) is 6.54. The first kappa shape index (κ1) is 20.2. The summed E-state index contributed by atoms with van der Waals surface area (Å²) in [5.41, 5.74) is 0. The number of ether oxygens (including phenoxy) is 1. The molecule has 0 N–H and O–H groups in total. The van der Waals surface area contributed by atoms with Crippen LogP contribution in [-0.4, -0.2) is 61.8 Å². The van der Waals surface area contributed by atoms with Gasteiger partial charge in [-0.2, -0.15) is 0 Å². The maximum atomic E-state index is 5.48. The van der Waals surface area contributed by atoms with Crippen molar-refractivity contribution in [3.05, 3.63) is 0 Å². The Labute approximate surface area is 151 Å². The van der Waals surface area contributed by atoms with Gasteiger partial charge in [0.15, 0.2) is 0 Å². The molecule has 1 saturated carbocycles. The Bertz CT molecular complexity index is 312. The number of nitrogens with zero attached hydrogens (tertiary/aromatic N) is 2. The number of methoxy groups -OCH3 is 1. The molecule has 0 spiro atoms. The fourth-order valence-corrected chi connectivity index (χ4v) is 4.80. The van der Waals surface area contributed by atoms with Gasteiger partial charge in [-0.25, -0.2) is 0 Å². The van der Waals surface area contributed by atoms with Crippen molar-refractivity contribution >= 4 is 0 Å². The summed E-state index contributed by atoms with van der Waals surface area (Å²) in [5, 5.41) is 0. The van der Waals surface area contributed by atoms with E-state index in [1.807, 2.05) is 21.0 Å². The van der Waals surface area contributed by atoms with Crippen LogP contribution in [0, 0.1) is 11.8 Å². The van der Waals surface area contributed by atoms with E-state index in [1.54, 1.807) is 0 Å². The van der Waals surface area contributed by atoms with Gasteiger partial charge in [-0.3, -0.25) is 0 Å². The summed E-state index contributed by atoms with van der Waals surface area (Å²) in [7, 11) is 1.86. The third kappa shape index (κ3) is 6.00. The predicted octanol–water partition coefficient (Wildman–Crippen LogP) is 4.41. The molecule has 0 bridgehead atoms. The van der Waals surface area contributed by atoms with Crippen LogP contribution in [0.25, 0.3) is 0 Å². The van der Waals surface area contributed by atoms with Gasteiger partial charge in [-0.15, -0.1) is 0 Å². The Kier molecular flexibility index (Phi) is 9.07. The van der Waals surface area contributed by atoms with E-state index in [9.17, 15) is 0 Å². The van der Waals surface area contributed by atoms with Crippen LogP contribution in [0.1, 0.15) is 72.1 Å². The molecule has 1 aliphatic carbocycles. The van der Waals surface area contributed by atoms with Gasteiger partial charge in [0.25, 0.3) is 0 Å². The van der Waals surface area contributed by atoms with Crippen LogP contribution >= 0.6 is 0 Å². The fourth-order valence-electron chi connectivity index (χ4n) is 4.80. The van der Waals surface area contributed by atoms with Crippen LogP contribution in [0.5, 0.6) is 0 Å². The highest BCUT2D eigenvalue weighted by molar-refractivity contribution is 4.84. The molecule has 3 fully saturated rings. The SMILES string of the molecule is CC.COC1CCN(CC2CCN(C3CCC(C)CC3)CC2)CC1. The second-order valence-electron chi connectivity index (χ2n) is 8.13. The molecule has 24 heavy (non-hydrogen) atoms. The van der Waals surface area contributed by atoms with Crippen molar-refractivity contribution in [1.82, 2.24) is 9.80 Å². The Hall–Kier alpha value is -0.120. The number of hydrogen-bond donors (Lipinski definition) is 0. The highest BCUT2D eigenvalue weighted by atomic mass is 16.5. The second kappa shape index (κ2) is 10.8. The van der Waals surface area contributed by atoms with E-state index >= 15 is 0 Å². The Morgan fingerprint density at radius 1 is 0.792 bits per heavy atom. The summed E-state index contributed by atoms with van der Waals surface area (Å²) in [6.45, 7) is 13.0. The van der Waals surface area contributed by atoms with Gasteiger partial charge in [0.05, 0.1) is 6.10 Å². The van der Waals surface area contributed by atoms with Crippen molar-refractivity contribution < 1.29 is 4.74 Å². The first-order valence-electron chi connectivity index (χ1n) is 10.7. The first-order chi connectivity index (χ1) is 11.7. The van der Waals surface area contributed by atoms with Crippen molar-refractivity contribution in [2.75, 3.05) is 39.8 Å². The van der Waals surface area contributed by atoms with Gasteiger partial charge in [-0.1, -0.05) is 20.8 Å². The molecule has 3 heteroatoms. The summed E-state index contributed by atoms with van der Waals surface area (Å²) < 4.78 is 5.48. The van der Waals surface area contributed by atoms with Gasteiger partial charge < -0.3 is 14.5 Å². The van der Waals surface area contributed by atoms with Crippen LogP contribution in [0.15, 0.2) is 0 Å². The quantitative estimate of drug-likeness (QED) is 0.755. The van der Waals surface area contributed by atoms with E-state index in [0.29, 0.717) is 6.10 Å². The van der Waals surface area contributed by atoms with Crippen LogP contribution in [-0.2, 0) is 4.74 Å². The lowest BCUT2D eigenvalue weighted by Crippen LogP contribution is -2.46. The number of rotatable bonds is 4. The van der Waals surface area contributed by atoms with Gasteiger partial charge in [0, 0.05) is 32.8 Å². The normalized spacial score (nSPS) is 31.5. The van der Waals surface area contributed by atoms with E-state index in [1.165, 1.54) is 84.1 Å². The fraction of sp³-hybridized carbons (Fsp3) is 1.00. The van der Waals surface area contributed by atoms with E-state index in [2.05, 4.69) is 16.7 Å². The number of piperidine rings is 2. The molecule has 0 radical (unpaired) electrons. The average molecular weight is 339 g/mol. The molecule has 0 unspecified atom stereocenters. The lowest BCUT2D eigenvalue weighted by Gasteiger charge is -2.42. The molecule has 3 aliphatic rings. The van der Waals surface area contributed by atoms with Gasteiger partial charge >= 0.3 is 0 Å². The van der Waals surface area contributed by atoms with Crippen molar-refractivity contribution in [3.8, 4) is 0 Å². The molecule has 2 saturated heterocycles. The van der Waals surface area contributed by atoms with Crippen molar-refractivity contribution in [3.63, 3.8) is 0 Å². The Balaban J connectivity index is 0.00000100. The number of hydrogen-bond acceptors (Lipinski definition) is 3. The number of likely N-dealkylation sites (tertiary alicyclic amines) is 2. The van der Waals surface area contributed by atoms with E-state index in [0.717, 1.165) is 17.9 Å². The molecular formula is C21H42N2O. The summed E-state index contributed by atoms with van der Waals surface area (Å²) in [5.74, 6) is 1.92. The molecule has 0 aromatic carbocycles. The molecule has 0 atom stereocenters. The van der Waals surface area contributed by atoms with Crippen molar-refractivity contribution in [2.45, 2.75) is 84.3 Å². The summed E-state index contributed by atoms with van der Waals surface area (Å²) in [6.07, 6.45) is 11.7. The largest absolute Gasteiger partial charge is 0.381 e. The molecule has 3 rings (SSSR count). The zero-order valence-corrected chi connectivity index (χ0v) is 16.8.